The monoisotopic (exact) mass is 452 g/mol. The molecule has 2 fully saturated rings. The van der Waals surface area contributed by atoms with Crippen LogP contribution in [0.2, 0.25) is 0 Å². The van der Waals surface area contributed by atoms with E-state index in [1.807, 2.05) is 6.92 Å². The van der Waals surface area contributed by atoms with E-state index < -0.39 is 5.60 Å². The maximum atomic E-state index is 10.2. The number of H-pyrrole nitrogens is 1. The largest absolute Gasteiger partial charge is 0.396 e. The highest BCUT2D eigenvalue weighted by Gasteiger charge is 2.45. The summed E-state index contributed by atoms with van der Waals surface area (Å²) in [6.45, 7) is 6.43. The van der Waals surface area contributed by atoms with Crippen molar-refractivity contribution in [3.8, 4) is 11.1 Å². The van der Waals surface area contributed by atoms with Crippen molar-refractivity contribution in [1.29, 1.82) is 0 Å². The van der Waals surface area contributed by atoms with Crippen LogP contribution in [-0.4, -0.2) is 55.8 Å². The second-order valence-corrected chi connectivity index (χ2v) is 9.65. The highest BCUT2D eigenvalue weighted by Crippen LogP contribution is 2.54. The second kappa shape index (κ2) is 8.32. The van der Waals surface area contributed by atoms with E-state index in [0.29, 0.717) is 11.8 Å². The van der Waals surface area contributed by atoms with Crippen molar-refractivity contribution in [2.75, 3.05) is 18.5 Å². The Morgan fingerprint density at radius 1 is 1.18 bits per heavy atom. The van der Waals surface area contributed by atoms with Gasteiger partial charge in [-0.3, -0.25) is 5.32 Å². The van der Waals surface area contributed by atoms with Crippen LogP contribution >= 0.6 is 0 Å². The van der Waals surface area contributed by atoms with Crippen LogP contribution in [0.25, 0.3) is 22.2 Å². The van der Waals surface area contributed by atoms with Gasteiger partial charge in [-0.25, -0.2) is 15.0 Å². The fourth-order valence-electron chi connectivity index (χ4n) is 4.49. The van der Waals surface area contributed by atoms with E-state index in [0.717, 1.165) is 54.4 Å². The summed E-state index contributed by atoms with van der Waals surface area (Å²) in [7, 11) is 0. The number of epoxide rings is 1. The van der Waals surface area contributed by atoms with Gasteiger partial charge in [0, 0.05) is 24.6 Å². The molecular formula is C24H32N6O3. The summed E-state index contributed by atoms with van der Waals surface area (Å²) < 4.78 is 5.60. The Morgan fingerprint density at radius 3 is 2.58 bits per heavy atom. The van der Waals surface area contributed by atoms with Crippen LogP contribution < -0.4 is 10.6 Å². The van der Waals surface area contributed by atoms with E-state index >= 15 is 0 Å². The first-order valence-corrected chi connectivity index (χ1v) is 11.7. The van der Waals surface area contributed by atoms with Crippen molar-refractivity contribution in [2.24, 2.45) is 0 Å². The molecule has 33 heavy (non-hydrogen) atoms. The lowest BCUT2D eigenvalue weighted by Gasteiger charge is -2.18. The molecule has 0 spiro atoms. The van der Waals surface area contributed by atoms with Crippen LogP contribution in [0, 0.1) is 0 Å². The fourth-order valence-corrected chi connectivity index (χ4v) is 4.49. The van der Waals surface area contributed by atoms with Gasteiger partial charge in [0.1, 0.15) is 5.60 Å². The Hall–Kier alpha value is -2.59. The zero-order valence-electron chi connectivity index (χ0n) is 19.4. The topological polar surface area (TPSA) is 132 Å². The van der Waals surface area contributed by atoms with Crippen molar-refractivity contribution in [2.45, 2.75) is 69.9 Å². The molecule has 9 nitrogen and oxygen atoms in total. The number of imidazole rings is 1. The van der Waals surface area contributed by atoms with Gasteiger partial charge < -0.3 is 25.3 Å². The zero-order valence-corrected chi connectivity index (χ0v) is 19.4. The summed E-state index contributed by atoms with van der Waals surface area (Å²) in [4.78, 5) is 17.1. The molecule has 2 aromatic heterocycles. The minimum atomic E-state index is -1.09. The zero-order chi connectivity index (χ0) is 23.2. The molecule has 5 rings (SSSR count). The summed E-state index contributed by atoms with van der Waals surface area (Å²) in [6.07, 6.45) is 7.29. The third-order valence-corrected chi connectivity index (χ3v) is 6.53. The molecule has 1 aromatic carbocycles. The number of nitrogens with zero attached hydrogens (tertiary/aromatic N) is 3. The molecule has 176 valence electrons. The summed E-state index contributed by atoms with van der Waals surface area (Å²) in [5, 5.41) is 26.2. The van der Waals surface area contributed by atoms with E-state index in [2.05, 4.69) is 37.7 Å². The lowest BCUT2D eigenvalue weighted by molar-refractivity contribution is 0.0687. The van der Waals surface area contributed by atoms with E-state index in [9.17, 15) is 10.2 Å². The van der Waals surface area contributed by atoms with Gasteiger partial charge in [0.2, 0.25) is 5.95 Å². The van der Waals surface area contributed by atoms with Gasteiger partial charge >= 0.3 is 0 Å². The molecule has 2 aliphatic rings. The van der Waals surface area contributed by atoms with Crippen LogP contribution in [0.3, 0.4) is 0 Å². The van der Waals surface area contributed by atoms with Gasteiger partial charge in [-0.15, -0.1) is 0 Å². The van der Waals surface area contributed by atoms with Crippen LogP contribution in [0.4, 0.5) is 5.95 Å². The predicted molar refractivity (Wildman–Crippen MR) is 126 cm³/mol. The molecule has 0 amide bonds. The predicted octanol–water partition coefficient (Wildman–Crippen LogP) is 2.76. The molecular weight excluding hydrogens is 420 g/mol. The molecule has 1 aliphatic carbocycles. The molecule has 2 atom stereocenters. The van der Waals surface area contributed by atoms with Crippen molar-refractivity contribution in [3.05, 3.63) is 35.9 Å². The van der Waals surface area contributed by atoms with Gasteiger partial charge in [-0.2, -0.15) is 0 Å². The number of hydrogen-bond acceptors (Lipinski definition) is 8. The normalized spacial score (nSPS) is 21.4. The van der Waals surface area contributed by atoms with Gasteiger partial charge in [0.25, 0.3) is 0 Å². The highest BCUT2D eigenvalue weighted by atomic mass is 16.6. The van der Waals surface area contributed by atoms with Crippen molar-refractivity contribution in [1.82, 2.24) is 25.3 Å². The summed E-state index contributed by atoms with van der Waals surface area (Å²) in [5.41, 5.74) is 3.91. The van der Waals surface area contributed by atoms with Crippen molar-refractivity contribution >= 4 is 17.0 Å². The average Bonchev–Trinajstić information content (AvgIpc) is 3.69. The Bertz CT molecular complexity index is 1130. The number of aliphatic hydroxyl groups excluding tert-OH is 1. The van der Waals surface area contributed by atoms with Gasteiger partial charge in [0.15, 0.2) is 18.3 Å². The molecule has 5 N–H and O–H groups in total. The number of aliphatic hydroxyl groups is 2. The quantitative estimate of drug-likeness (QED) is 0.297. The number of aromatic amines is 1. The van der Waals surface area contributed by atoms with E-state index in [4.69, 9.17) is 9.72 Å². The fraction of sp³-hybridized carbons (Fsp3) is 0.542. The summed E-state index contributed by atoms with van der Waals surface area (Å²) >= 11 is 0. The van der Waals surface area contributed by atoms with E-state index in [-0.39, 0.29) is 24.5 Å². The highest BCUT2D eigenvalue weighted by molar-refractivity contribution is 5.88. The SMILES string of the molecule is CCNC1OC1Nc1nc2c(C3(CCCO)CC3)cc(-c3cnc(C(C)(C)O)nc3)cc2[nH]1. The lowest BCUT2D eigenvalue weighted by atomic mass is 9.88. The molecule has 0 radical (unpaired) electrons. The van der Waals surface area contributed by atoms with Crippen LogP contribution in [0.1, 0.15) is 57.8 Å². The Morgan fingerprint density at radius 2 is 1.94 bits per heavy atom. The van der Waals surface area contributed by atoms with Gasteiger partial charge in [-0.1, -0.05) is 6.92 Å². The summed E-state index contributed by atoms with van der Waals surface area (Å²) in [6, 6.07) is 4.26. The molecule has 2 unspecified atom stereocenters. The van der Waals surface area contributed by atoms with Gasteiger partial charge in [0.05, 0.1) is 11.0 Å². The molecule has 9 heteroatoms. The number of benzene rings is 1. The third kappa shape index (κ3) is 4.46. The van der Waals surface area contributed by atoms with Crippen molar-refractivity contribution < 1.29 is 14.9 Å². The average molecular weight is 453 g/mol. The molecule has 1 saturated carbocycles. The first-order chi connectivity index (χ1) is 15.8. The maximum Gasteiger partial charge on any atom is 0.203 e. The van der Waals surface area contributed by atoms with E-state index in [1.165, 1.54) is 5.56 Å². The standard InChI is InChI=1S/C24H32N6O3/c1-4-25-19-20(33-19)30-22-28-17-11-14(15-12-26-21(27-13-15)23(2,3)32)10-16(18(17)29-22)24(7-8-24)6-5-9-31/h10-13,19-20,25,31-32H,4-9H2,1-3H3,(H2,28,29,30). The summed E-state index contributed by atoms with van der Waals surface area (Å²) in [5.74, 6) is 1.07. The lowest BCUT2D eigenvalue weighted by Crippen LogP contribution is -2.22. The second-order valence-electron chi connectivity index (χ2n) is 9.65. The van der Waals surface area contributed by atoms with Crippen LogP contribution in [-0.2, 0) is 15.8 Å². The number of ether oxygens (including phenoxy) is 1. The Balaban J connectivity index is 1.52. The number of rotatable bonds is 10. The van der Waals surface area contributed by atoms with Crippen LogP contribution in [0.5, 0.6) is 0 Å². The number of fused-ring (bicyclic) bond motifs is 1. The van der Waals surface area contributed by atoms with Gasteiger partial charge in [-0.05, 0) is 74.8 Å². The molecule has 1 aliphatic heterocycles. The number of likely N-dealkylation sites (N-methyl/N-ethyl adjacent to an activating group) is 1. The van der Waals surface area contributed by atoms with Crippen LogP contribution in [0.15, 0.2) is 24.5 Å². The molecule has 3 heterocycles. The molecule has 3 aromatic rings. The minimum Gasteiger partial charge on any atom is -0.396 e. The smallest absolute Gasteiger partial charge is 0.203 e. The van der Waals surface area contributed by atoms with E-state index in [1.54, 1.807) is 26.2 Å². The Kier molecular flexibility index (Phi) is 5.60. The number of hydrogen-bond donors (Lipinski definition) is 5. The number of aromatic nitrogens is 4. The number of nitrogens with one attached hydrogen (secondary N) is 3. The molecule has 0 bridgehead atoms. The molecule has 1 saturated heterocycles. The first kappa shape index (κ1) is 22.2. The van der Waals surface area contributed by atoms with Crippen molar-refractivity contribution in [3.63, 3.8) is 0 Å². The Labute approximate surface area is 193 Å². The first-order valence-electron chi connectivity index (χ1n) is 11.7. The minimum absolute atomic E-state index is 0.00371. The maximum absolute atomic E-state index is 10.2. The third-order valence-electron chi connectivity index (χ3n) is 6.53. The number of anilines is 1.